The van der Waals surface area contributed by atoms with Crippen LogP contribution < -0.4 is 20.4 Å². The molecular formula is C26H32N8O3. The van der Waals surface area contributed by atoms with E-state index in [0.717, 1.165) is 43.0 Å². The molecule has 0 radical (unpaired) electrons. The Kier molecular flexibility index (Phi) is 7.71. The van der Waals surface area contributed by atoms with Crippen LogP contribution in [0.15, 0.2) is 42.7 Å². The third kappa shape index (κ3) is 5.62. The van der Waals surface area contributed by atoms with Crippen molar-refractivity contribution in [2.75, 3.05) is 54.6 Å². The van der Waals surface area contributed by atoms with Gasteiger partial charge in [-0.05, 0) is 43.2 Å². The Hall–Kier alpha value is -3.83. The lowest BCUT2D eigenvalue weighted by atomic mass is 10.0. The Morgan fingerprint density at radius 2 is 1.97 bits per heavy atom. The number of aliphatic hydroxyl groups is 1. The molecule has 1 unspecified atom stereocenters. The number of hydrogen-bond acceptors (Lipinski definition) is 9. The number of fused-ring (bicyclic) bond motifs is 1. The van der Waals surface area contributed by atoms with Crippen LogP contribution in [0.5, 0.6) is 0 Å². The number of ether oxygens (including phenoxy) is 1. The second-order valence-electron chi connectivity index (χ2n) is 9.03. The molecule has 11 nitrogen and oxygen atoms in total. The Morgan fingerprint density at radius 1 is 1.16 bits per heavy atom. The van der Waals surface area contributed by atoms with Crippen LogP contribution in [-0.2, 0) is 17.7 Å². The first-order chi connectivity index (χ1) is 18.2. The van der Waals surface area contributed by atoms with Crippen molar-refractivity contribution in [3.8, 4) is 11.4 Å². The summed E-state index contributed by atoms with van der Waals surface area (Å²) in [5.74, 6) is 2.32. The maximum atomic E-state index is 11.9. The van der Waals surface area contributed by atoms with Crippen molar-refractivity contribution in [1.82, 2.24) is 25.3 Å². The van der Waals surface area contributed by atoms with E-state index in [-0.39, 0.29) is 25.2 Å². The first kappa shape index (κ1) is 24.8. The van der Waals surface area contributed by atoms with Crippen LogP contribution >= 0.6 is 0 Å². The highest BCUT2D eigenvalue weighted by Gasteiger charge is 2.30. The number of amides is 2. The average molecular weight is 505 g/mol. The Labute approximate surface area is 215 Å². The summed E-state index contributed by atoms with van der Waals surface area (Å²) in [6, 6.07) is 9.18. The zero-order chi connectivity index (χ0) is 25.6. The van der Waals surface area contributed by atoms with Gasteiger partial charge in [0.2, 0.25) is 5.95 Å². The van der Waals surface area contributed by atoms with Gasteiger partial charge in [0.15, 0.2) is 5.82 Å². The topological polar surface area (TPSA) is 129 Å². The highest BCUT2D eigenvalue weighted by atomic mass is 16.5. The van der Waals surface area contributed by atoms with Gasteiger partial charge in [-0.25, -0.2) is 24.7 Å². The number of rotatable bonds is 7. The number of aliphatic hydroxyl groups excluding tert-OH is 1. The number of hydrogen-bond donors (Lipinski definition) is 3. The quantitative estimate of drug-likeness (QED) is 0.444. The number of morpholine rings is 1. The summed E-state index contributed by atoms with van der Waals surface area (Å²) < 4.78 is 5.76. The highest BCUT2D eigenvalue weighted by Crippen LogP contribution is 2.33. The molecule has 3 aromatic rings. The summed E-state index contributed by atoms with van der Waals surface area (Å²) in [5.41, 5.74) is 3.66. The second-order valence-corrected chi connectivity index (χ2v) is 9.03. The molecule has 0 saturated carbocycles. The minimum absolute atomic E-state index is 0.111. The van der Waals surface area contributed by atoms with Gasteiger partial charge < -0.3 is 30.3 Å². The SMILES string of the molecule is CCC1COCCN1c1nc(-c2ccc(NC(=O)NCCO)cc2)nc2c1CCN(c1ncccn1)C2. The number of anilines is 3. The Morgan fingerprint density at radius 3 is 2.73 bits per heavy atom. The fraction of sp³-hybridized carbons (Fsp3) is 0.423. The molecule has 0 bridgehead atoms. The number of carbonyl (C=O) groups excluding carboxylic acids is 1. The molecule has 5 rings (SSSR count). The van der Waals surface area contributed by atoms with E-state index >= 15 is 0 Å². The first-order valence-electron chi connectivity index (χ1n) is 12.7. The fourth-order valence-corrected chi connectivity index (χ4v) is 4.72. The van der Waals surface area contributed by atoms with E-state index in [1.807, 2.05) is 30.3 Å². The van der Waals surface area contributed by atoms with Gasteiger partial charge >= 0.3 is 6.03 Å². The highest BCUT2D eigenvalue weighted by molar-refractivity contribution is 5.89. The molecule has 1 saturated heterocycles. The first-order valence-corrected chi connectivity index (χ1v) is 12.7. The van der Waals surface area contributed by atoms with Gasteiger partial charge in [-0.2, -0.15) is 0 Å². The predicted molar refractivity (Wildman–Crippen MR) is 141 cm³/mol. The summed E-state index contributed by atoms with van der Waals surface area (Å²) in [6.45, 7) is 5.82. The van der Waals surface area contributed by atoms with Crippen LogP contribution in [0.3, 0.4) is 0 Å². The molecule has 1 aromatic carbocycles. The molecule has 3 N–H and O–H groups in total. The van der Waals surface area contributed by atoms with Crippen molar-refractivity contribution in [1.29, 1.82) is 0 Å². The van der Waals surface area contributed by atoms with Crippen LogP contribution in [0, 0.1) is 0 Å². The fourth-order valence-electron chi connectivity index (χ4n) is 4.72. The lowest BCUT2D eigenvalue weighted by Crippen LogP contribution is -2.47. The van der Waals surface area contributed by atoms with Crippen molar-refractivity contribution < 1.29 is 14.6 Å². The monoisotopic (exact) mass is 504 g/mol. The van der Waals surface area contributed by atoms with E-state index in [1.54, 1.807) is 12.4 Å². The van der Waals surface area contributed by atoms with E-state index in [9.17, 15) is 4.79 Å². The molecule has 0 spiro atoms. The molecule has 1 fully saturated rings. The largest absolute Gasteiger partial charge is 0.395 e. The van der Waals surface area contributed by atoms with E-state index in [0.29, 0.717) is 37.2 Å². The second kappa shape index (κ2) is 11.5. The number of nitrogens with zero attached hydrogens (tertiary/aromatic N) is 6. The molecular weight excluding hydrogens is 472 g/mol. The molecule has 194 valence electrons. The minimum Gasteiger partial charge on any atom is -0.395 e. The summed E-state index contributed by atoms with van der Waals surface area (Å²) in [6.07, 6.45) is 5.29. The third-order valence-electron chi connectivity index (χ3n) is 6.65. The van der Waals surface area contributed by atoms with Crippen molar-refractivity contribution in [2.45, 2.75) is 32.4 Å². The van der Waals surface area contributed by atoms with Crippen molar-refractivity contribution in [2.24, 2.45) is 0 Å². The normalized spacial score (nSPS) is 17.3. The van der Waals surface area contributed by atoms with Crippen LogP contribution in [0.1, 0.15) is 24.6 Å². The molecule has 1 atom stereocenters. The number of nitrogens with one attached hydrogen (secondary N) is 2. The smallest absolute Gasteiger partial charge is 0.319 e. The molecule has 2 amide bonds. The van der Waals surface area contributed by atoms with Gasteiger partial charge in [0.25, 0.3) is 0 Å². The lowest BCUT2D eigenvalue weighted by molar-refractivity contribution is 0.0924. The van der Waals surface area contributed by atoms with Crippen molar-refractivity contribution in [3.63, 3.8) is 0 Å². The Bertz CT molecular complexity index is 1210. The molecule has 0 aliphatic carbocycles. The minimum atomic E-state index is -0.365. The van der Waals surface area contributed by atoms with Crippen molar-refractivity contribution in [3.05, 3.63) is 54.0 Å². The summed E-state index contributed by atoms with van der Waals surface area (Å²) in [5, 5.41) is 14.2. The summed E-state index contributed by atoms with van der Waals surface area (Å²) >= 11 is 0. The number of benzene rings is 1. The zero-order valence-corrected chi connectivity index (χ0v) is 20.9. The van der Waals surface area contributed by atoms with Crippen molar-refractivity contribution >= 4 is 23.5 Å². The van der Waals surface area contributed by atoms with Gasteiger partial charge in [0.1, 0.15) is 5.82 Å². The van der Waals surface area contributed by atoms with Gasteiger partial charge in [-0.1, -0.05) is 6.92 Å². The predicted octanol–water partition coefficient (Wildman–Crippen LogP) is 2.23. The molecule has 2 aromatic heterocycles. The van der Waals surface area contributed by atoms with Crippen LogP contribution in [-0.4, -0.2) is 76.6 Å². The summed E-state index contributed by atoms with van der Waals surface area (Å²) in [7, 11) is 0. The Balaban J connectivity index is 1.48. The molecule has 4 heterocycles. The van der Waals surface area contributed by atoms with E-state index in [2.05, 4.69) is 37.3 Å². The molecule has 11 heteroatoms. The van der Waals surface area contributed by atoms with Crippen LogP contribution in [0.4, 0.5) is 22.2 Å². The summed E-state index contributed by atoms with van der Waals surface area (Å²) in [4.78, 5) is 35.4. The standard InChI is InChI=1S/C26H32N8O3/c1-2-20-17-37-15-13-34(20)24-21-8-12-33(25-27-9-3-10-28-25)16-22(21)31-23(32-24)18-4-6-19(7-5-18)30-26(36)29-11-14-35/h3-7,9-10,20,35H,2,8,11-17H2,1H3,(H2,29,30,36). The maximum absolute atomic E-state index is 11.9. The van der Waals surface area contributed by atoms with Gasteiger partial charge in [0.05, 0.1) is 38.1 Å². The van der Waals surface area contributed by atoms with Gasteiger partial charge in [0, 0.05) is 48.8 Å². The van der Waals surface area contributed by atoms with Crippen LogP contribution in [0.2, 0.25) is 0 Å². The maximum Gasteiger partial charge on any atom is 0.319 e. The zero-order valence-electron chi connectivity index (χ0n) is 20.9. The lowest BCUT2D eigenvalue weighted by Gasteiger charge is -2.39. The molecule has 2 aliphatic rings. The van der Waals surface area contributed by atoms with Gasteiger partial charge in [-0.3, -0.25) is 0 Å². The third-order valence-corrected chi connectivity index (χ3v) is 6.65. The van der Waals surface area contributed by atoms with Gasteiger partial charge in [-0.15, -0.1) is 0 Å². The molecule has 37 heavy (non-hydrogen) atoms. The van der Waals surface area contributed by atoms with Crippen LogP contribution in [0.25, 0.3) is 11.4 Å². The van der Waals surface area contributed by atoms with E-state index < -0.39 is 0 Å². The van der Waals surface area contributed by atoms with E-state index in [1.165, 1.54) is 5.56 Å². The van der Waals surface area contributed by atoms with E-state index in [4.69, 9.17) is 19.8 Å². The average Bonchev–Trinajstić information content (AvgIpc) is 2.96. The number of carbonyl (C=O) groups is 1. The number of aromatic nitrogens is 4. The number of urea groups is 1. The molecule has 2 aliphatic heterocycles.